The molecule has 0 saturated heterocycles. The number of nitrogens with one attached hydrogen (secondary N) is 2. The number of hydrogen-bond acceptors (Lipinski definition) is 5. The van der Waals surface area contributed by atoms with Crippen molar-refractivity contribution in [3.8, 4) is 0 Å². The van der Waals surface area contributed by atoms with Crippen molar-refractivity contribution >= 4 is 23.4 Å². The molecule has 0 aliphatic carbocycles. The van der Waals surface area contributed by atoms with E-state index in [0.717, 1.165) is 5.56 Å². The molecule has 0 unspecified atom stereocenters. The maximum atomic E-state index is 11.7. The molecule has 7 nitrogen and oxygen atoms in total. The molecule has 0 spiro atoms. The van der Waals surface area contributed by atoms with Crippen LogP contribution in [0.5, 0.6) is 0 Å². The summed E-state index contributed by atoms with van der Waals surface area (Å²) in [4.78, 5) is 15.8. The van der Waals surface area contributed by atoms with Gasteiger partial charge in [0, 0.05) is 6.20 Å². The summed E-state index contributed by atoms with van der Waals surface area (Å²) >= 11 is 0. The number of amides is 2. The normalized spacial score (nSPS) is 10.1. The van der Waals surface area contributed by atoms with Crippen molar-refractivity contribution < 1.29 is 9.32 Å². The summed E-state index contributed by atoms with van der Waals surface area (Å²) in [6.07, 6.45) is 1.60. The first-order chi connectivity index (χ1) is 8.58. The molecule has 0 radical (unpaired) electrons. The van der Waals surface area contributed by atoms with Crippen LogP contribution in [0.2, 0.25) is 0 Å². The number of pyridine rings is 1. The first-order valence-corrected chi connectivity index (χ1v) is 5.29. The highest BCUT2D eigenvalue weighted by atomic mass is 16.5. The van der Waals surface area contributed by atoms with Gasteiger partial charge in [0.25, 0.3) is 0 Å². The lowest BCUT2D eigenvalue weighted by atomic mass is 10.3. The molecule has 0 bridgehead atoms. The van der Waals surface area contributed by atoms with Gasteiger partial charge in [-0.25, -0.2) is 9.78 Å². The molecule has 18 heavy (non-hydrogen) atoms. The third-order valence-corrected chi connectivity index (χ3v) is 2.37. The highest BCUT2D eigenvalue weighted by Gasteiger charge is 2.13. The number of hydrogen-bond donors (Lipinski definition) is 3. The molecule has 2 rings (SSSR count). The molecule has 0 aliphatic rings. The predicted molar refractivity (Wildman–Crippen MR) is 67.3 cm³/mol. The van der Waals surface area contributed by atoms with Crippen LogP contribution in [0, 0.1) is 13.8 Å². The Morgan fingerprint density at radius 3 is 2.78 bits per heavy atom. The fourth-order valence-corrected chi connectivity index (χ4v) is 1.41. The molecule has 0 fully saturated rings. The lowest BCUT2D eigenvalue weighted by molar-refractivity contribution is 0.262. The molecule has 2 aromatic heterocycles. The second-order valence-electron chi connectivity index (χ2n) is 3.76. The number of urea groups is 1. The highest BCUT2D eigenvalue weighted by molar-refractivity contribution is 6.01. The Bertz CT molecular complexity index is 559. The predicted octanol–water partition coefficient (Wildman–Crippen LogP) is 1.91. The Balaban J connectivity index is 2.08. The molecule has 0 aromatic carbocycles. The Morgan fingerprint density at radius 1 is 1.39 bits per heavy atom. The number of aryl methyl sites for hydroxylation is 2. The van der Waals surface area contributed by atoms with Crippen LogP contribution in [0.15, 0.2) is 22.9 Å². The Hall–Kier alpha value is -2.57. The summed E-state index contributed by atoms with van der Waals surface area (Å²) in [5.74, 6) is 0.558. The third kappa shape index (κ3) is 2.40. The number of carbonyl (C=O) groups excluding carboxylic acids is 1. The van der Waals surface area contributed by atoms with Crippen LogP contribution in [0.25, 0.3) is 0 Å². The van der Waals surface area contributed by atoms with E-state index >= 15 is 0 Å². The van der Waals surface area contributed by atoms with Crippen molar-refractivity contribution in [1.29, 1.82) is 0 Å². The Kier molecular flexibility index (Phi) is 3.13. The van der Waals surface area contributed by atoms with Gasteiger partial charge in [0.2, 0.25) is 5.88 Å². The van der Waals surface area contributed by atoms with E-state index in [1.54, 1.807) is 19.2 Å². The quantitative estimate of drug-likeness (QED) is 0.751. The first-order valence-electron chi connectivity index (χ1n) is 5.29. The summed E-state index contributed by atoms with van der Waals surface area (Å²) < 4.78 is 4.74. The van der Waals surface area contributed by atoms with E-state index in [2.05, 4.69) is 20.8 Å². The average Bonchev–Trinajstić information content (AvgIpc) is 2.64. The smallest absolute Gasteiger partial charge is 0.325 e. The van der Waals surface area contributed by atoms with E-state index in [-0.39, 0.29) is 5.88 Å². The zero-order valence-corrected chi connectivity index (χ0v) is 10.0. The highest BCUT2D eigenvalue weighted by Crippen LogP contribution is 2.22. The standard InChI is InChI=1S/C11H13N5O2/c1-6-4-3-5-13-10(6)15-11(17)14-8-7(2)16-18-9(8)12/h3-5H,12H2,1-2H3,(H2,13,14,15,17). The molecule has 0 aliphatic heterocycles. The SMILES string of the molecule is Cc1cccnc1NC(=O)Nc1c(C)noc1N. The van der Waals surface area contributed by atoms with E-state index in [1.165, 1.54) is 0 Å². The Labute approximate surface area is 103 Å². The second-order valence-corrected chi connectivity index (χ2v) is 3.76. The van der Waals surface area contributed by atoms with Gasteiger partial charge in [0.05, 0.1) is 0 Å². The van der Waals surface area contributed by atoms with Crippen LogP contribution in [-0.2, 0) is 0 Å². The van der Waals surface area contributed by atoms with Crippen molar-refractivity contribution in [2.75, 3.05) is 16.4 Å². The second kappa shape index (κ2) is 4.74. The summed E-state index contributed by atoms with van der Waals surface area (Å²) in [7, 11) is 0. The van der Waals surface area contributed by atoms with Gasteiger partial charge in [-0.2, -0.15) is 0 Å². The van der Waals surface area contributed by atoms with Crippen LogP contribution in [0.1, 0.15) is 11.3 Å². The minimum absolute atomic E-state index is 0.0698. The summed E-state index contributed by atoms with van der Waals surface area (Å²) in [6, 6.07) is 3.19. The number of anilines is 3. The van der Waals surface area contributed by atoms with Crippen LogP contribution >= 0.6 is 0 Å². The van der Waals surface area contributed by atoms with Crippen molar-refractivity contribution in [3.63, 3.8) is 0 Å². The molecular formula is C11H13N5O2. The molecule has 7 heteroatoms. The van der Waals surface area contributed by atoms with Crippen molar-refractivity contribution in [2.45, 2.75) is 13.8 Å². The molecule has 2 aromatic rings. The zero-order chi connectivity index (χ0) is 13.1. The lowest BCUT2D eigenvalue weighted by Crippen LogP contribution is -2.21. The summed E-state index contributed by atoms with van der Waals surface area (Å²) in [6.45, 7) is 3.53. The molecule has 0 atom stereocenters. The molecule has 2 heterocycles. The molecule has 94 valence electrons. The maximum Gasteiger partial charge on any atom is 0.325 e. The van der Waals surface area contributed by atoms with E-state index in [4.69, 9.17) is 10.3 Å². The van der Waals surface area contributed by atoms with Gasteiger partial charge in [-0.05, 0) is 25.5 Å². The monoisotopic (exact) mass is 247 g/mol. The van der Waals surface area contributed by atoms with Gasteiger partial charge in [0.1, 0.15) is 17.2 Å². The van der Waals surface area contributed by atoms with Crippen molar-refractivity contribution in [3.05, 3.63) is 29.6 Å². The minimum atomic E-state index is -0.449. The number of nitrogens with zero attached hydrogens (tertiary/aromatic N) is 2. The van der Waals surface area contributed by atoms with Crippen LogP contribution in [0.4, 0.5) is 22.2 Å². The molecular weight excluding hydrogens is 234 g/mol. The average molecular weight is 247 g/mol. The van der Waals surface area contributed by atoms with Gasteiger partial charge >= 0.3 is 6.03 Å². The fraction of sp³-hybridized carbons (Fsp3) is 0.182. The topological polar surface area (TPSA) is 106 Å². The van der Waals surface area contributed by atoms with Crippen molar-refractivity contribution in [2.24, 2.45) is 0 Å². The van der Waals surface area contributed by atoms with E-state index < -0.39 is 6.03 Å². The number of nitrogens with two attached hydrogens (primary N) is 1. The maximum absolute atomic E-state index is 11.7. The minimum Gasteiger partial charge on any atom is -0.366 e. The van der Waals surface area contributed by atoms with Gasteiger partial charge in [-0.1, -0.05) is 11.2 Å². The van der Waals surface area contributed by atoms with E-state index in [9.17, 15) is 4.79 Å². The van der Waals surface area contributed by atoms with E-state index in [0.29, 0.717) is 17.2 Å². The summed E-state index contributed by atoms with van der Waals surface area (Å²) in [5, 5.41) is 8.82. The van der Waals surface area contributed by atoms with Crippen LogP contribution in [0.3, 0.4) is 0 Å². The van der Waals surface area contributed by atoms with E-state index in [1.807, 2.05) is 13.0 Å². The molecule has 2 amide bonds. The molecule has 4 N–H and O–H groups in total. The number of carbonyl (C=O) groups is 1. The fourth-order valence-electron chi connectivity index (χ4n) is 1.41. The van der Waals surface area contributed by atoms with Gasteiger partial charge < -0.3 is 15.6 Å². The molecule has 0 saturated carbocycles. The first kappa shape index (κ1) is 11.9. The van der Waals surface area contributed by atoms with Gasteiger partial charge in [-0.15, -0.1) is 0 Å². The van der Waals surface area contributed by atoms with Gasteiger partial charge in [-0.3, -0.25) is 5.32 Å². The number of nitrogen functional groups attached to an aromatic ring is 1. The summed E-state index contributed by atoms with van der Waals surface area (Å²) in [5.41, 5.74) is 7.27. The zero-order valence-electron chi connectivity index (χ0n) is 10.0. The van der Waals surface area contributed by atoms with Crippen LogP contribution in [-0.4, -0.2) is 16.2 Å². The largest absolute Gasteiger partial charge is 0.366 e. The third-order valence-electron chi connectivity index (χ3n) is 2.37. The lowest BCUT2D eigenvalue weighted by Gasteiger charge is -2.07. The van der Waals surface area contributed by atoms with Crippen LogP contribution < -0.4 is 16.4 Å². The number of aromatic nitrogens is 2. The van der Waals surface area contributed by atoms with Gasteiger partial charge in [0.15, 0.2) is 0 Å². The number of rotatable bonds is 2. The van der Waals surface area contributed by atoms with Crippen molar-refractivity contribution in [1.82, 2.24) is 10.1 Å². The Morgan fingerprint density at radius 2 is 2.17 bits per heavy atom.